The average Bonchev–Trinajstić information content (AvgIpc) is 2.59. The lowest BCUT2D eigenvalue weighted by Gasteiger charge is -2.18. The highest BCUT2D eigenvalue weighted by molar-refractivity contribution is 5.75. The fraction of sp³-hybridized carbons (Fsp3) is 0.556. The zero-order valence-electron chi connectivity index (χ0n) is 14.7. The Morgan fingerprint density at radius 3 is 1.33 bits per heavy atom. The summed E-state index contributed by atoms with van der Waals surface area (Å²) in [5.41, 5.74) is 0. The van der Waals surface area contributed by atoms with Gasteiger partial charge in [0.1, 0.15) is 11.5 Å². The maximum atomic E-state index is 11.7. The summed E-state index contributed by atoms with van der Waals surface area (Å²) in [6.45, 7) is 7.85. The van der Waals surface area contributed by atoms with Crippen LogP contribution in [0.5, 0.6) is 11.5 Å². The molecule has 0 fully saturated rings. The molecule has 0 aliphatic heterocycles. The van der Waals surface area contributed by atoms with Crippen LogP contribution in [0.4, 0.5) is 0 Å². The van der Waals surface area contributed by atoms with E-state index in [9.17, 15) is 9.59 Å². The molecule has 1 rings (SSSR count). The van der Waals surface area contributed by atoms with Gasteiger partial charge in [0.05, 0.1) is 13.2 Å². The lowest BCUT2D eigenvalue weighted by molar-refractivity contribution is -0.152. The summed E-state index contributed by atoms with van der Waals surface area (Å²) in [6.07, 6.45) is -0.255. The third kappa shape index (κ3) is 6.10. The summed E-state index contributed by atoms with van der Waals surface area (Å²) in [6, 6.07) is 6.76. The van der Waals surface area contributed by atoms with Crippen LogP contribution < -0.4 is 9.47 Å². The Morgan fingerprint density at radius 1 is 0.750 bits per heavy atom. The molecule has 6 nitrogen and oxygen atoms in total. The lowest BCUT2D eigenvalue weighted by atomic mass is 10.2. The molecule has 0 bridgehead atoms. The minimum absolute atomic E-state index is 0.317. The van der Waals surface area contributed by atoms with Gasteiger partial charge in [0, 0.05) is 0 Å². The zero-order valence-corrected chi connectivity index (χ0v) is 14.7. The number of ether oxygens (including phenoxy) is 4. The summed E-state index contributed by atoms with van der Waals surface area (Å²) < 4.78 is 21.2. The van der Waals surface area contributed by atoms with Crippen LogP contribution in [0, 0.1) is 0 Å². The highest BCUT2D eigenvalue weighted by Gasteiger charge is 2.21. The Hall–Kier alpha value is -2.24. The summed E-state index contributed by atoms with van der Waals surface area (Å²) in [5, 5.41) is 0. The van der Waals surface area contributed by atoms with E-state index in [1.54, 1.807) is 38.1 Å². The molecule has 0 heterocycles. The van der Waals surface area contributed by atoms with Crippen LogP contribution in [0.3, 0.4) is 0 Å². The second-order valence-corrected chi connectivity index (χ2v) is 5.00. The number of benzene rings is 1. The molecule has 0 saturated heterocycles. The normalized spacial score (nSPS) is 12.8. The van der Waals surface area contributed by atoms with Gasteiger partial charge in [0.15, 0.2) is 12.2 Å². The highest BCUT2D eigenvalue weighted by atomic mass is 16.6. The van der Waals surface area contributed by atoms with Crippen molar-refractivity contribution in [2.45, 2.75) is 52.7 Å². The highest BCUT2D eigenvalue weighted by Crippen LogP contribution is 2.21. The second kappa shape index (κ2) is 10.5. The molecule has 0 saturated carbocycles. The largest absolute Gasteiger partial charge is 0.479 e. The summed E-state index contributed by atoms with van der Waals surface area (Å²) in [7, 11) is 0. The van der Waals surface area contributed by atoms with Crippen LogP contribution in [0.25, 0.3) is 0 Å². The fourth-order valence-electron chi connectivity index (χ4n) is 1.99. The first-order valence-electron chi connectivity index (χ1n) is 8.32. The quantitative estimate of drug-likeness (QED) is 0.610. The molecular weight excluding hydrogens is 312 g/mol. The van der Waals surface area contributed by atoms with Crippen LogP contribution in [0.2, 0.25) is 0 Å². The van der Waals surface area contributed by atoms with Gasteiger partial charge in [-0.05, 0) is 51.0 Å². The monoisotopic (exact) mass is 338 g/mol. The van der Waals surface area contributed by atoms with Crippen molar-refractivity contribution in [1.82, 2.24) is 0 Å². The van der Waals surface area contributed by atoms with Crippen LogP contribution >= 0.6 is 0 Å². The van der Waals surface area contributed by atoms with Crippen molar-refractivity contribution in [1.29, 1.82) is 0 Å². The molecule has 1 aromatic rings. The summed E-state index contributed by atoms with van der Waals surface area (Å²) in [5.74, 6) is 0.306. The Morgan fingerprint density at radius 2 is 1.08 bits per heavy atom. The Bertz CT molecular complexity index is 464. The molecule has 6 heteroatoms. The van der Waals surface area contributed by atoms with Gasteiger partial charge in [-0.1, -0.05) is 13.8 Å². The zero-order chi connectivity index (χ0) is 17.9. The van der Waals surface area contributed by atoms with Crippen molar-refractivity contribution < 1.29 is 28.5 Å². The van der Waals surface area contributed by atoms with E-state index in [-0.39, 0.29) is 11.9 Å². The first-order chi connectivity index (χ1) is 11.5. The van der Waals surface area contributed by atoms with Crippen LogP contribution in [-0.2, 0) is 19.1 Å². The van der Waals surface area contributed by atoms with Crippen molar-refractivity contribution >= 4 is 11.9 Å². The van der Waals surface area contributed by atoms with Gasteiger partial charge in [-0.2, -0.15) is 0 Å². The molecule has 24 heavy (non-hydrogen) atoms. The molecule has 0 spiro atoms. The van der Waals surface area contributed by atoms with Crippen molar-refractivity contribution in [2.24, 2.45) is 0 Å². The minimum atomic E-state index is -0.639. The Labute approximate surface area is 143 Å². The summed E-state index contributed by atoms with van der Waals surface area (Å²) >= 11 is 0. The Kier molecular flexibility index (Phi) is 8.68. The second-order valence-electron chi connectivity index (χ2n) is 5.00. The molecule has 0 aliphatic carbocycles. The van der Waals surface area contributed by atoms with Crippen LogP contribution in [-0.4, -0.2) is 37.4 Å². The molecule has 0 unspecified atom stereocenters. The topological polar surface area (TPSA) is 71.1 Å². The van der Waals surface area contributed by atoms with Crippen molar-refractivity contribution in [2.75, 3.05) is 13.2 Å². The number of carbonyl (C=O) groups is 2. The maximum Gasteiger partial charge on any atom is 0.347 e. The van der Waals surface area contributed by atoms with Crippen molar-refractivity contribution in [3.8, 4) is 11.5 Å². The van der Waals surface area contributed by atoms with Gasteiger partial charge >= 0.3 is 11.9 Å². The fourth-order valence-corrected chi connectivity index (χ4v) is 1.99. The van der Waals surface area contributed by atoms with E-state index in [0.29, 0.717) is 37.6 Å². The molecule has 0 aliphatic rings. The number of carbonyl (C=O) groups excluding carboxylic acids is 2. The number of hydrogen-bond donors (Lipinski definition) is 0. The molecule has 2 atom stereocenters. The first kappa shape index (κ1) is 19.8. The van der Waals surface area contributed by atoms with Crippen LogP contribution in [0.1, 0.15) is 40.5 Å². The third-order valence-corrected chi connectivity index (χ3v) is 3.22. The molecule has 0 N–H and O–H groups in total. The van der Waals surface area contributed by atoms with Crippen LogP contribution in [0.15, 0.2) is 24.3 Å². The smallest absolute Gasteiger partial charge is 0.347 e. The molecular formula is C18H26O6. The molecule has 0 aromatic heterocycles. The van der Waals surface area contributed by atoms with E-state index >= 15 is 0 Å². The number of rotatable bonds is 10. The van der Waals surface area contributed by atoms with E-state index < -0.39 is 12.2 Å². The van der Waals surface area contributed by atoms with Crippen molar-refractivity contribution in [3.05, 3.63) is 24.3 Å². The number of hydrogen-bond acceptors (Lipinski definition) is 6. The van der Waals surface area contributed by atoms with E-state index in [0.717, 1.165) is 0 Å². The molecule has 134 valence electrons. The van der Waals surface area contributed by atoms with Gasteiger partial charge in [0.2, 0.25) is 0 Å². The summed E-state index contributed by atoms with van der Waals surface area (Å²) in [4.78, 5) is 23.5. The van der Waals surface area contributed by atoms with Gasteiger partial charge < -0.3 is 18.9 Å². The van der Waals surface area contributed by atoms with E-state index in [4.69, 9.17) is 18.9 Å². The average molecular weight is 338 g/mol. The van der Waals surface area contributed by atoms with Gasteiger partial charge in [0.25, 0.3) is 0 Å². The predicted octanol–water partition coefficient (Wildman–Crippen LogP) is 3.13. The van der Waals surface area contributed by atoms with E-state index in [2.05, 4.69) is 0 Å². The predicted molar refractivity (Wildman–Crippen MR) is 89.1 cm³/mol. The van der Waals surface area contributed by atoms with E-state index in [1.807, 2.05) is 13.8 Å². The van der Waals surface area contributed by atoms with Gasteiger partial charge in [-0.3, -0.25) is 0 Å². The first-order valence-corrected chi connectivity index (χ1v) is 8.32. The minimum Gasteiger partial charge on any atom is -0.479 e. The lowest BCUT2D eigenvalue weighted by Crippen LogP contribution is -2.29. The van der Waals surface area contributed by atoms with E-state index in [1.165, 1.54) is 0 Å². The van der Waals surface area contributed by atoms with Gasteiger partial charge in [-0.15, -0.1) is 0 Å². The van der Waals surface area contributed by atoms with Crippen molar-refractivity contribution in [3.63, 3.8) is 0 Å². The Balaban J connectivity index is 2.67. The maximum absolute atomic E-state index is 11.7. The van der Waals surface area contributed by atoms with Gasteiger partial charge in [-0.25, -0.2) is 9.59 Å². The SMILES string of the molecule is CCOC(=O)[C@@H](CC)Oc1ccc(O[C@H](CC)C(=O)OCC)cc1. The molecule has 0 radical (unpaired) electrons. The molecule has 1 aromatic carbocycles. The third-order valence-electron chi connectivity index (χ3n) is 3.22. The number of esters is 2. The standard InChI is InChI=1S/C18H26O6/c1-5-15(17(19)21-7-3)23-13-9-11-14(12-10-13)24-16(6-2)18(20)22-8-4/h9-12,15-16H,5-8H2,1-4H3/t15-,16-/m1/s1. The molecule has 0 amide bonds.